The molecule has 6 unspecified atom stereocenters. The van der Waals surface area contributed by atoms with Gasteiger partial charge in [-0.05, 0) is 36.5 Å². The van der Waals surface area contributed by atoms with Gasteiger partial charge in [0.2, 0.25) is 0 Å². The van der Waals surface area contributed by atoms with E-state index in [0.717, 1.165) is 18.4 Å². The van der Waals surface area contributed by atoms with Gasteiger partial charge in [0.15, 0.2) is 0 Å². The Kier molecular flexibility index (Phi) is 1.37. The van der Waals surface area contributed by atoms with E-state index in [-0.39, 0.29) is 12.2 Å². The van der Waals surface area contributed by atoms with Crippen molar-refractivity contribution in [3.8, 4) is 0 Å². The lowest BCUT2D eigenvalue weighted by molar-refractivity contribution is -0.135. The molecule has 0 spiro atoms. The second kappa shape index (κ2) is 2.24. The molecule has 0 aromatic rings. The Morgan fingerprint density at radius 3 is 2.75 bits per heavy atom. The molecule has 6 atom stereocenters. The Bertz CT molecular complexity index is 202. The van der Waals surface area contributed by atoms with Gasteiger partial charge in [-0.1, -0.05) is 6.92 Å². The molecule has 3 rings (SSSR count). The van der Waals surface area contributed by atoms with E-state index in [9.17, 15) is 5.11 Å². The second-order valence-corrected chi connectivity index (χ2v) is 4.83. The zero-order chi connectivity index (χ0) is 8.29. The first-order valence-corrected chi connectivity index (χ1v) is 5.07. The maximum atomic E-state index is 9.79. The molecule has 2 aliphatic carbocycles. The van der Waals surface area contributed by atoms with Crippen molar-refractivity contribution in [2.75, 3.05) is 6.61 Å². The summed E-state index contributed by atoms with van der Waals surface area (Å²) in [6.45, 7) is 3.16. The van der Waals surface area contributed by atoms with Gasteiger partial charge in [-0.15, -0.1) is 0 Å². The van der Waals surface area contributed by atoms with Crippen LogP contribution in [0.4, 0.5) is 0 Å². The van der Waals surface area contributed by atoms with Crippen molar-refractivity contribution in [2.45, 2.75) is 32.0 Å². The highest BCUT2D eigenvalue weighted by Gasteiger charge is 2.56. The Labute approximate surface area is 72.9 Å². The topological polar surface area (TPSA) is 29.5 Å². The molecule has 3 fully saturated rings. The molecule has 2 bridgehead atoms. The third-order valence-electron chi connectivity index (χ3n) is 4.22. The smallest absolute Gasteiger partial charge is 0.0867 e. The standard InChI is InChI=1S/C10H16O2/c1-5-4-12-10-8-3-6(9(10)11)2-7(5)8/h5-11H,2-4H2,1H3. The SMILES string of the molecule is CC1COC2C(O)C3CC1C2C3. The van der Waals surface area contributed by atoms with Gasteiger partial charge in [-0.2, -0.15) is 0 Å². The Morgan fingerprint density at radius 1 is 1.25 bits per heavy atom. The van der Waals surface area contributed by atoms with E-state index in [1.165, 1.54) is 12.8 Å². The van der Waals surface area contributed by atoms with E-state index < -0.39 is 0 Å². The highest BCUT2D eigenvalue weighted by molar-refractivity contribution is 5.05. The molecule has 1 heterocycles. The monoisotopic (exact) mass is 168 g/mol. The maximum absolute atomic E-state index is 9.79. The minimum Gasteiger partial charge on any atom is -0.390 e. The first kappa shape index (κ1) is 7.34. The van der Waals surface area contributed by atoms with Crippen LogP contribution in [0.1, 0.15) is 19.8 Å². The molecule has 0 aromatic carbocycles. The van der Waals surface area contributed by atoms with Crippen LogP contribution in [0, 0.1) is 23.7 Å². The van der Waals surface area contributed by atoms with Crippen molar-refractivity contribution in [3.63, 3.8) is 0 Å². The predicted octanol–water partition coefficient (Wildman–Crippen LogP) is 1.04. The molecule has 0 aromatic heterocycles. The number of rotatable bonds is 0. The van der Waals surface area contributed by atoms with Crippen molar-refractivity contribution in [3.05, 3.63) is 0 Å². The molecule has 12 heavy (non-hydrogen) atoms. The van der Waals surface area contributed by atoms with Crippen LogP contribution < -0.4 is 0 Å². The minimum absolute atomic E-state index is 0.140. The summed E-state index contributed by atoms with van der Waals surface area (Å²) in [5.41, 5.74) is 0. The summed E-state index contributed by atoms with van der Waals surface area (Å²) in [6.07, 6.45) is 2.54. The predicted molar refractivity (Wildman–Crippen MR) is 44.6 cm³/mol. The summed E-state index contributed by atoms with van der Waals surface area (Å²) in [5.74, 6) is 2.84. The van der Waals surface area contributed by atoms with Crippen LogP contribution >= 0.6 is 0 Å². The summed E-state index contributed by atoms with van der Waals surface area (Å²) in [5, 5.41) is 9.79. The molecule has 0 radical (unpaired) electrons. The van der Waals surface area contributed by atoms with E-state index in [0.29, 0.717) is 11.8 Å². The van der Waals surface area contributed by atoms with Crippen LogP contribution in [0.15, 0.2) is 0 Å². The summed E-state index contributed by atoms with van der Waals surface area (Å²) in [6, 6.07) is 0. The first-order chi connectivity index (χ1) is 5.77. The van der Waals surface area contributed by atoms with Gasteiger partial charge in [-0.25, -0.2) is 0 Å². The number of ether oxygens (including phenoxy) is 1. The average Bonchev–Trinajstić information content (AvgIpc) is 2.58. The quantitative estimate of drug-likeness (QED) is 0.585. The van der Waals surface area contributed by atoms with Gasteiger partial charge in [0.25, 0.3) is 0 Å². The number of aliphatic hydroxyl groups is 1. The number of aliphatic hydroxyl groups excluding tert-OH is 1. The molecule has 2 saturated carbocycles. The third-order valence-corrected chi connectivity index (χ3v) is 4.22. The molecule has 3 aliphatic rings. The largest absolute Gasteiger partial charge is 0.390 e. The molecular weight excluding hydrogens is 152 g/mol. The van der Waals surface area contributed by atoms with E-state index in [1.54, 1.807) is 0 Å². The van der Waals surface area contributed by atoms with Crippen molar-refractivity contribution in [1.82, 2.24) is 0 Å². The van der Waals surface area contributed by atoms with Crippen LogP contribution in [-0.2, 0) is 4.74 Å². The van der Waals surface area contributed by atoms with E-state index in [2.05, 4.69) is 6.92 Å². The fraction of sp³-hybridized carbons (Fsp3) is 1.00. The molecule has 1 saturated heterocycles. The lowest BCUT2D eigenvalue weighted by Gasteiger charge is -2.41. The van der Waals surface area contributed by atoms with Crippen LogP contribution in [0.2, 0.25) is 0 Å². The molecule has 1 aliphatic heterocycles. The minimum atomic E-state index is -0.140. The van der Waals surface area contributed by atoms with Gasteiger partial charge in [0.1, 0.15) is 0 Å². The van der Waals surface area contributed by atoms with E-state index >= 15 is 0 Å². The van der Waals surface area contributed by atoms with Crippen molar-refractivity contribution < 1.29 is 9.84 Å². The van der Waals surface area contributed by atoms with Gasteiger partial charge < -0.3 is 9.84 Å². The third kappa shape index (κ3) is 0.728. The first-order valence-electron chi connectivity index (χ1n) is 5.07. The van der Waals surface area contributed by atoms with Crippen LogP contribution in [0.3, 0.4) is 0 Å². The van der Waals surface area contributed by atoms with Gasteiger partial charge in [-0.3, -0.25) is 0 Å². The molecule has 0 amide bonds. The van der Waals surface area contributed by atoms with Crippen LogP contribution in [0.25, 0.3) is 0 Å². The highest BCUT2D eigenvalue weighted by Crippen LogP contribution is 2.54. The number of hydrogen-bond donors (Lipinski definition) is 1. The van der Waals surface area contributed by atoms with Crippen molar-refractivity contribution >= 4 is 0 Å². The lowest BCUT2D eigenvalue weighted by Crippen LogP contribution is -2.46. The Morgan fingerprint density at radius 2 is 2.00 bits per heavy atom. The van der Waals surface area contributed by atoms with Gasteiger partial charge in [0, 0.05) is 6.61 Å². The van der Waals surface area contributed by atoms with E-state index in [4.69, 9.17) is 4.74 Å². The molecule has 2 heteroatoms. The fourth-order valence-electron chi connectivity index (χ4n) is 3.59. The van der Waals surface area contributed by atoms with Crippen LogP contribution in [-0.4, -0.2) is 23.9 Å². The normalized spacial score (nSPS) is 62.5. The summed E-state index contributed by atoms with van der Waals surface area (Å²) in [7, 11) is 0. The molecule has 68 valence electrons. The van der Waals surface area contributed by atoms with Crippen molar-refractivity contribution in [2.24, 2.45) is 23.7 Å². The zero-order valence-electron chi connectivity index (χ0n) is 7.44. The van der Waals surface area contributed by atoms with Crippen LogP contribution in [0.5, 0.6) is 0 Å². The zero-order valence-corrected chi connectivity index (χ0v) is 7.44. The molecular formula is C10H16O2. The number of hydrogen-bond acceptors (Lipinski definition) is 2. The maximum Gasteiger partial charge on any atom is 0.0867 e. The number of fused-ring (bicyclic) bond motifs is 1. The average molecular weight is 168 g/mol. The molecule has 2 nitrogen and oxygen atoms in total. The second-order valence-electron chi connectivity index (χ2n) is 4.83. The lowest BCUT2D eigenvalue weighted by atomic mass is 9.76. The fourth-order valence-corrected chi connectivity index (χ4v) is 3.59. The summed E-state index contributed by atoms with van der Waals surface area (Å²) < 4.78 is 5.68. The summed E-state index contributed by atoms with van der Waals surface area (Å²) in [4.78, 5) is 0. The van der Waals surface area contributed by atoms with Gasteiger partial charge in [0.05, 0.1) is 12.2 Å². The van der Waals surface area contributed by atoms with Crippen molar-refractivity contribution in [1.29, 1.82) is 0 Å². The highest BCUT2D eigenvalue weighted by atomic mass is 16.5. The summed E-state index contributed by atoms with van der Waals surface area (Å²) >= 11 is 0. The Balaban J connectivity index is 1.91. The Hall–Kier alpha value is -0.0800. The van der Waals surface area contributed by atoms with Gasteiger partial charge >= 0.3 is 0 Å². The van der Waals surface area contributed by atoms with E-state index in [1.807, 2.05) is 0 Å². The molecule has 1 N–H and O–H groups in total.